The number of likely N-dealkylation sites (tertiary alicyclic amines) is 1. The van der Waals surface area contributed by atoms with Crippen LogP contribution >= 0.6 is 23.2 Å². The van der Waals surface area contributed by atoms with Gasteiger partial charge in [0.2, 0.25) is 5.91 Å². The van der Waals surface area contributed by atoms with Gasteiger partial charge in [-0.3, -0.25) is 14.5 Å². The quantitative estimate of drug-likeness (QED) is 0.616. The molecule has 0 spiro atoms. The Balaban J connectivity index is 1.48. The fourth-order valence-corrected chi connectivity index (χ4v) is 4.16. The van der Waals surface area contributed by atoms with Gasteiger partial charge in [0.25, 0.3) is 5.91 Å². The Morgan fingerprint density at radius 2 is 1.69 bits per heavy atom. The molecule has 2 amide bonds. The van der Waals surface area contributed by atoms with Gasteiger partial charge in [0.1, 0.15) is 0 Å². The van der Waals surface area contributed by atoms with Gasteiger partial charge in [0.15, 0.2) is 0 Å². The molecule has 0 bridgehead atoms. The maximum absolute atomic E-state index is 12.7. The Bertz CT molecular complexity index is 964. The zero-order valence-corrected chi connectivity index (χ0v) is 20.4. The average Bonchev–Trinajstić information content (AvgIpc) is 2.73. The molecule has 1 aliphatic heterocycles. The molecule has 1 aliphatic rings. The van der Waals surface area contributed by atoms with Crippen LogP contribution in [0.2, 0.25) is 10.0 Å². The molecule has 2 N–H and O–H groups in total. The van der Waals surface area contributed by atoms with E-state index >= 15 is 0 Å². The fourth-order valence-electron chi connectivity index (χ4n) is 3.86. The number of piperidine rings is 1. The Morgan fingerprint density at radius 1 is 1.00 bits per heavy atom. The number of hydrogen-bond acceptors (Lipinski definition) is 3. The molecule has 1 fully saturated rings. The van der Waals surface area contributed by atoms with E-state index in [1.54, 1.807) is 12.1 Å². The number of carbonyl (C=O) groups excluding carboxylic acids is 2. The van der Waals surface area contributed by atoms with Crippen molar-refractivity contribution in [2.45, 2.75) is 39.2 Å². The largest absolute Gasteiger partial charge is 0.352 e. The normalized spacial score (nSPS) is 15.4. The Morgan fingerprint density at radius 3 is 2.34 bits per heavy atom. The predicted octanol–water partition coefficient (Wildman–Crippen LogP) is 5.02. The van der Waals surface area contributed by atoms with Gasteiger partial charge < -0.3 is 10.6 Å². The number of carbonyl (C=O) groups is 2. The maximum atomic E-state index is 12.7. The summed E-state index contributed by atoms with van der Waals surface area (Å²) in [5, 5.41) is 7.07. The molecule has 1 heterocycles. The number of amides is 2. The van der Waals surface area contributed by atoms with Crippen molar-refractivity contribution in [2.24, 2.45) is 5.92 Å². The molecule has 0 aromatic heterocycles. The van der Waals surface area contributed by atoms with Crippen LogP contribution in [0.1, 0.15) is 44.0 Å². The number of halogens is 2. The molecule has 2 aromatic rings. The molecular weight excluding hydrogens is 445 g/mol. The van der Waals surface area contributed by atoms with Crippen LogP contribution in [-0.4, -0.2) is 48.4 Å². The van der Waals surface area contributed by atoms with Crippen LogP contribution in [0, 0.1) is 5.92 Å². The molecule has 0 radical (unpaired) electrons. The Hall–Kier alpha value is -2.08. The lowest BCUT2D eigenvalue weighted by molar-refractivity contribution is -0.124. The minimum Gasteiger partial charge on any atom is -0.352 e. The highest BCUT2D eigenvalue weighted by molar-refractivity contribution is 6.42. The van der Waals surface area contributed by atoms with Crippen LogP contribution in [0.25, 0.3) is 11.1 Å². The van der Waals surface area contributed by atoms with Gasteiger partial charge in [-0.05, 0) is 88.0 Å². The minimum absolute atomic E-state index is 0.0612. The van der Waals surface area contributed by atoms with Gasteiger partial charge >= 0.3 is 0 Å². The molecule has 5 nitrogen and oxygen atoms in total. The summed E-state index contributed by atoms with van der Waals surface area (Å²) >= 11 is 12.1. The Kier molecular flexibility index (Phi) is 8.21. The van der Waals surface area contributed by atoms with Crippen LogP contribution in [0.15, 0.2) is 42.5 Å². The van der Waals surface area contributed by atoms with Crippen LogP contribution < -0.4 is 10.6 Å². The first-order valence-electron chi connectivity index (χ1n) is 11.0. The van der Waals surface area contributed by atoms with E-state index in [4.69, 9.17) is 23.2 Å². The van der Waals surface area contributed by atoms with E-state index in [-0.39, 0.29) is 17.4 Å². The molecule has 0 aliphatic carbocycles. The van der Waals surface area contributed by atoms with Crippen molar-refractivity contribution in [3.8, 4) is 11.1 Å². The Labute approximate surface area is 200 Å². The lowest BCUT2D eigenvalue weighted by Crippen LogP contribution is -2.48. The molecule has 172 valence electrons. The summed E-state index contributed by atoms with van der Waals surface area (Å²) in [4.78, 5) is 27.0. The second kappa shape index (κ2) is 10.7. The van der Waals surface area contributed by atoms with Crippen molar-refractivity contribution in [2.75, 3.05) is 26.2 Å². The summed E-state index contributed by atoms with van der Waals surface area (Å²) in [6.07, 6.45) is 1.93. The fraction of sp³-hybridized carbons (Fsp3) is 0.440. The highest BCUT2D eigenvalue weighted by Gasteiger charge is 2.23. The highest BCUT2D eigenvalue weighted by atomic mass is 35.5. The lowest BCUT2D eigenvalue weighted by Gasteiger charge is -2.32. The minimum atomic E-state index is -0.211. The summed E-state index contributed by atoms with van der Waals surface area (Å²) in [5.74, 6) is 0.393. The third-order valence-corrected chi connectivity index (χ3v) is 6.26. The molecule has 0 saturated carbocycles. The standard InChI is InChI=1S/C25H31Cl2N3O2/c1-25(2,3)29-23(31)16-30-11-9-17(10-12-30)15-28-24(32)20-6-4-5-18(13-20)19-7-8-21(26)22(27)14-19/h4-8,13-14,17H,9-12,15-16H2,1-3H3,(H,28,32)(H,29,31). The zero-order chi connectivity index (χ0) is 23.3. The first-order chi connectivity index (χ1) is 15.1. The third kappa shape index (κ3) is 7.22. The third-order valence-electron chi connectivity index (χ3n) is 5.52. The van der Waals surface area contributed by atoms with Crippen molar-refractivity contribution in [3.63, 3.8) is 0 Å². The number of hydrogen-bond donors (Lipinski definition) is 2. The molecule has 32 heavy (non-hydrogen) atoms. The van der Waals surface area contributed by atoms with E-state index in [2.05, 4.69) is 15.5 Å². The first-order valence-corrected chi connectivity index (χ1v) is 11.7. The van der Waals surface area contributed by atoms with Gasteiger partial charge in [0, 0.05) is 17.6 Å². The van der Waals surface area contributed by atoms with E-state index in [9.17, 15) is 9.59 Å². The van der Waals surface area contributed by atoms with Crippen LogP contribution in [0.4, 0.5) is 0 Å². The summed E-state index contributed by atoms with van der Waals surface area (Å²) in [5.41, 5.74) is 2.23. The SMILES string of the molecule is CC(C)(C)NC(=O)CN1CCC(CNC(=O)c2cccc(-c3ccc(Cl)c(Cl)c3)c2)CC1. The van der Waals surface area contributed by atoms with Crippen LogP contribution in [0.3, 0.4) is 0 Å². The highest BCUT2D eigenvalue weighted by Crippen LogP contribution is 2.29. The monoisotopic (exact) mass is 475 g/mol. The molecule has 7 heteroatoms. The van der Waals surface area contributed by atoms with Gasteiger partial charge in [-0.15, -0.1) is 0 Å². The van der Waals surface area contributed by atoms with Crippen molar-refractivity contribution >= 4 is 35.0 Å². The molecule has 2 aromatic carbocycles. The van der Waals surface area contributed by atoms with Crippen molar-refractivity contribution < 1.29 is 9.59 Å². The average molecular weight is 476 g/mol. The van der Waals surface area contributed by atoms with Crippen LogP contribution in [-0.2, 0) is 4.79 Å². The van der Waals surface area contributed by atoms with E-state index in [1.807, 2.05) is 51.1 Å². The van der Waals surface area contributed by atoms with Gasteiger partial charge in [-0.1, -0.05) is 41.4 Å². The van der Waals surface area contributed by atoms with Crippen molar-refractivity contribution in [1.82, 2.24) is 15.5 Å². The van der Waals surface area contributed by atoms with Crippen molar-refractivity contribution in [1.29, 1.82) is 0 Å². The number of rotatable bonds is 6. The summed E-state index contributed by atoms with van der Waals surface area (Å²) in [6.45, 7) is 8.76. The smallest absolute Gasteiger partial charge is 0.251 e. The van der Waals surface area contributed by atoms with E-state index in [0.29, 0.717) is 34.6 Å². The van der Waals surface area contributed by atoms with E-state index in [1.165, 1.54) is 0 Å². The topological polar surface area (TPSA) is 61.4 Å². The number of nitrogens with zero attached hydrogens (tertiary/aromatic N) is 1. The van der Waals surface area contributed by atoms with Gasteiger partial charge in [-0.2, -0.15) is 0 Å². The summed E-state index contributed by atoms with van der Waals surface area (Å²) < 4.78 is 0. The second-order valence-electron chi connectivity index (χ2n) is 9.44. The van der Waals surface area contributed by atoms with E-state index in [0.717, 1.165) is 37.1 Å². The molecule has 0 atom stereocenters. The van der Waals surface area contributed by atoms with Gasteiger partial charge in [0.05, 0.1) is 16.6 Å². The predicted molar refractivity (Wildman–Crippen MR) is 131 cm³/mol. The molecular formula is C25H31Cl2N3O2. The first kappa shape index (κ1) is 24.6. The summed E-state index contributed by atoms with van der Waals surface area (Å²) in [7, 11) is 0. The van der Waals surface area contributed by atoms with Crippen LogP contribution in [0.5, 0.6) is 0 Å². The summed E-state index contributed by atoms with van der Waals surface area (Å²) in [6, 6.07) is 12.9. The number of nitrogens with one attached hydrogen (secondary N) is 2. The van der Waals surface area contributed by atoms with Crippen molar-refractivity contribution in [3.05, 3.63) is 58.1 Å². The second-order valence-corrected chi connectivity index (χ2v) is 10.3. The number of benzene rings is 2. The lowest BCUT2D eigenvalue weighted by atomic mass is 9.96. The van der Waals surface area contributed by atoms with E-state index < -0.39 is 0 Å². The maximum Gasteiger partial charge on any atom is 0.251 e. The van der Waals surface area contributed by atoms with Gasteiger partial charge in [-0.25, -0.2) is 0 Å². The molecule has 3 rings (SSSR count). The zero-order valence-electron chi connectivity index (χ0n) is 18.9. The molecule has 1 saturated heterocycles. The molecule has 0 unspecified atom stereocenters.